The molecule has 0 bridgehead atoms. The molecule has 1 N–H and O–H groups in total. The Morgan fingerprint density at radius 2 is 2.00 bits per heavy atom. The number of anilines is 1. The SMILES string of the molecule is O=C(Nc1ccc(Cl)cc1)n1nccc1/C=C/c1cccs1. The Hall–Kier alpha value is -2.37. The molecule has 0 aliphatic carbocycles. The summed E-state index contributed by atoms with van der Waals surface area (Å²) in [6.45, 7) is 0. The Bertz CT molecular complexity index is 791. The van der Waals surface area contributed by atoms with Crippen molar-refractivity contribution in [3.63, 3.8) is 0 Å². The van der Waals surface area contributed by atoms with E-state index in [0.717, 1.165) is 4.88 Å². The molecule has 0 aliphatic heterocycles. The van der Waals surface area contributed by atoms with Gasteiger partial charge in [0.15, 0.2) is 0 Å². The van der Waals surface area contributed by atoms with Gasteiger partial charge in [0.2, 0.25) is 0 Å². The first-order valence-corrected chi connectivity index (χ1v) is 7.81. The maximum atomic E-state index is 12.3. The number of hydrogen-bond donors (Lipinski definition) is 1. The van der Waals surface area contributed by atoms with Crippen LogP contribution in [0.2, 0.25) is 5.02 Å². The molecule has 1 amide bonds. The molecular weight excluding hydrogens is 318 g/mol. The van der Waals surface area contributed by atoms with Gasteiger partial charge in [-0.05, 0) is 53.9 Å². The second kappa shape index (κ2) is 6.60. The lowest BCUT2D eigenvalue weighted by Crippen LogP contribution is -2.21. The zero-order valence-electron chi connectivity index (χ0n) is 11.4. The zero-order chi connectivity index (χ0) is 15.4. The minimum atomic E-state index is -0.321. The summed E-state index contributed by atoms with van der Waals surface area (Å²) in [4.78, 5) is 13.4. The molecule has 0 spiro atoms. The molecule has 2 heterocycles. The number of carbonyl (C=O) groups is 1. The highest BCUT2D eigenvalue weighted by atomic mass is 35.5. The zero-order valence-corrected chi connectivity index (χ0v) is 13.0. The molecule has 3 rings (SSSR count). The van der Waals surface area contributed by atoms with Gasteiger partial charge in [0.05, 0.1) is 11.9 Å². The normalized spacial score (nSPS) is 11.0. The molecule has 1 aromatic carbocycles. The van der Waals surface area contributed by atoms with Crippen molar-refractivity contribution in [3.05, 3.63) is 69.6 Å². The lowest BCUT2D eigenvalue weighted by Gasteiger charge is -2.06. The van der Waals surface area contributed by atoms with Gasteiger partial charge in [-0.25, -0.2) is 4.79 Å². The molecule has 0 aliphatic rings. The fourth-order valence-corrected chi connectivity index (χ4v) is 2.62. The van der Waals surface area contributed by atoms with Crippen molar-refractivity contribution >= 4 is 46.8 Å². The van der Waals surface area contributed by atoms with Crippen LogP contribution in [0.15, 0.2) is 54.0 Å². The number of benzene rings is 1. The van der Waals surface area contributed by atoms with Crippen LogP contribution < -0.4 is 5.32 Å². The van der Waals surface area contributed by atoms with E-state index in [4.69, 9.17) is 11.6 Å². The van der Waals surface area contributed by atoms with E-state index < -0.39 is 0 Å². The van der Waals surface area contributed by atoms with Crippen LogP contribution in [0.1, 0.15) is 10.6 Å². The van der Waals surface area contributed by atoms with Gasteiger partial charge in [-0.2, -0.15) is 9.78 Å². The van der Waals surface area contributed by atoms with Gasteiger partial charge in [-0.15, -0.1) is 11.3 Å². The third kappa shape index (κ3) is 3.44. The third-order valence-corrected chi connectivity index (χ3v) is 4.01. The number of amides is 1. The third-order valence-electron chi connectivity index (χ3n) is 2.92. The number of carbonyl (C=O) groups excluding carboxylic acids is 1. The number of nitrogens with zero attached hydrogens (tertiary/aromatic N) is 2. The van der Waals surface area contributed by atoms with Crippen molar-refractivity contribution in [2.75, 3.05) is 5.32 Å². The lowest BCUT2D eigenvalue weighted by atomic mass is 10.3. The van der Waals surface area contributed by atoms with E-state index in [1.807, 2.05) is 29.7 Å². The lowest BCUT2D eigenvalue weighted by molar-refractivity contribution is 0.251. The molecule has 110 valence electrons. The van der Waals surface area contributed by atoms with E-state index in [1.165, 1.54) is 4.68 Å². The van der Waals surface area contributed by atoms with E-state index in [9.17, 15) is 4.79 Å². The van der Waals surface area contributed by atoms with Gasteiger partial charge in [-0.3, -0.25) is 0 Å². The van der Waals surface area contributed by atoms with Crippen LogP contribution in [-0.4, -0.2) is 15.8 Å². The van der Waals surface area contributed by atoms with Crippen molar-refractivity contribution in [1.29, 1.82) is 0 Å². The minimum absolute atomic E-state index is 0.321. The van der Waals surface area contributed by atoms with Crippen LogP contribution in [0.3, 0.4) is 0 Å². The number of rotatable bonds is 3. The van der Waals surface area contributed by atoms with Crippen LogP contribution in [0.25, 0.3) is 12.2 Å². The summed E-state index contributed by atoms with van der Waals surface area (Å²) in [5.41, 5.74) is 1.37. The number of thiophene rings is 1. The molecule has 0 saturated carbocycles. The molecule has 4 nitrogen and oxygen atoms in total. The second-order valence-corrected chi connectivity index (χ2v) is 5.87. The quantitative estimate of drug-likeness (QED) is 0.746. The average molecular weight is 330 g/mol. The molecule has 6 heteroatoms. The Kier molecular flexibility index (Phi) is 4.37. The van der Waals surface area contributed by atoms with Gasteiger partial charge < -0.3 is 5.32 Å². The largest absolute Gasteiger partial charge is 0.347 e. The molecule has 0 atom stereocenters. The van der Waals surface area contributed by atoms with Gasteiger partial charge >= 0.3 is 6.03 Å². The smallest absolute Gasteiger partial charge is 0.306 e. The highest BCUT2D eigenvalue weighted by Gasteiger charge is 2.09. The topological polar surface area (TPSA) is 46.9 Å². The molecule has 22 heavy (non-hydrogen) atoms. The minimum Gasteiger partial charge on any atom is -0.306 e. The monoisotopic (exact) mass is 329 g/mol. The Labute approximate surface area is 136 Å². The predicted molar refractivity (Wildman–Crippen MR) is 91.3 cm³/mol. The molecule has 2 aromatic heterocycles. The van der Waals surface area contributed by atoms with Crippen molar-refractivity contribution in [3.8, 4) is 0 Å². The maximum Gasteiger partial charge on any atom is 0.347 e. The van der Waals surface area contributed by atoms with Gasteiger partial charge in [0.25, 0.3) is 0 Å². The van der Waals surface area contributed by atoms with Gasteiger partial charge in [-0.1, -0.05) is 17.7 Å². The number of hydrogen-bond acceptors (Lipinski definition) is 3. The molecule has 0 fully saturated rings. The van der Waals surface area contributed by atoms with Gasteiger partial charge in [0, 0.05) is 15.6 Å². The molecule has 3 aromatic rings. The molecule has 0 unspecified atom stereocenters. The fourth-order valence-electron chi connectivity index (χ4n) is 1.87. The molecule has 0 radical (unpaired) electrons. The summed E-state index contributed by atoms with van der Waals surface area (Å²) in [7, 11) is 0. The van der Waals surface area contributed by atoms with Crippen LogP contribution in [0.5, 0.6) is 0 Å². The standard InChI is InChI=1S/C16H12ClN3OS/c17-12-3-5-13(6-4-12)19-16(21)20-14(9-10-18-20)7-8-15-2-1-11-22-15/h1-11H,(H,19,21)/b8-7+. The summed E-state index contributed by atoms with van der Waals surface area (Å²) in [6.07, 6.45) is 5.41. The highest BCUT2D eigenvalue weighted by molar-refractivity contribution is 7.10. The summed E-state index contributed by atoms with van der Waals surface area (Å²) in [5.74, 6) is 0. The first-order valence-electron chi connectivity index (χ1n) is 6.55. The molecular formula is C16H12ClN3OS. The van der Waals surface area contributed by atoms with Crippen LogP contribution in [0, 0.1) is 0 Å². The fraction of sp³-hybridized carbons (Fsp3) is 0. The van der Waals surface area contributed by atoms with Crippen LogP contribution >= 0.6 is 22.9 Å². The summed E-state index contributed by atoms with van der Waals surface area (Å²) >= 11 is 7.46. The number of nitrogens with one attached hydrogen (secondary N) is 1. The predicted octanol–water partition coefficient (Wildman–Crippen LogP) is 4.85. The Morgan fingerprint density at radius 1 is 1.18 bits per heavy atom. The van der Waals surface area contributed by atoms with Crippen molar-refractivity contribution < 1.29 is 4.79 Å². The highest BCUT2D eigenvalue weighted by Crippen LogP contribution is 2.15. The van der Waals surface area contributed by atoms with Crippen LogP contribution in [0.4, 0.5) is 10.5 Å². The van der Waals surface area contributed by atoms with Crippen molar-refractivity contribution in [2.45, 2.75) is 0 Å². The Morgan fingerprint density at radius 3 is 2.73 bits per heavy atom. The average Bonchev–Trinajstić information content (AvgIpc) is 3.18. The van der Waals surface area contributed by atoms with Gasteiger partial charge in [0.1, 0.15) is 0 Å². The van der Waals surface area contributed by atoms with E-state index in [0.29, 0.717) is 16.4 Å². The Balaban J connectivity index is 1.76. The first-order chi connectivity index (χ1) is 10.7. The van der Waals surface area contributed by atoms with E-state index in [-0.39, 0.29) is 6.03 Å². The van der Waals surface area contributed by atoms with E-state index in [2.05, 4.69) is 10.4 Å². The summed E-state index contributed by atoms with van der Waals surface area (Å²) in [5, 5.41) is 9.46. The summed E-state index contributed by atoms with van der Waals surface area (Å²) in [6, 6.07) is 12.4. The van der Waals surface area contributed by atoms with E-state index >= 15 is 0 Å². The van der Waals surface area contributed by atoms with E-state index in [1.54, 1.807) is 47.9 Å². The number of aromatic nitrogens is 2. The first kappa shape index (κ1) is 14.6. The number of halogens is 1. The second-order valence-electron chi connectivity index (χ2n) is 4.45. The summed E-state index contributed by atoms with van der Waals surface area (Å²) < 4.78 is 1.32. The maximum absolute atomic E-state index is 12.3. The van der Waals surface area contributed by atoms with Crippen molar-refractivity contribution in [2.24, 2.45) is 0 Å². The van der Waals surface area contributed by atoms with Crippen molar-refractivity contribution in [1.82, 2.24) is 9.78 Å². The molecule has 0 saturated heterocycles. The van der Waals surface area contributed by atoms with Crippen LogP contribution in [-0.2, 0) is 0 Å².